The van der Waals surface area contributed by atoms with Gasteiger partial charge in [-0.2, -0.15) is 0 Å². The van der Waals surface area contributed by atoms with E-state index in [1.807, 2.05) is 12.1 Å². The molecule has 0 fully saturated rings. The fourth-order valence-corrected chi connectivity index (χ4v) is 2.54. The van der Waals surface area contributed by atoms with Crippen LogP contribution in [0.1, 0.15) is 22.7 Å². The summed E-state index contributed by atoms with van der Waals surface area (Å²) >= 11 is 6.14. The number of hydrogen-bond donors (Lipinski definition) is 1. The van der Waals surface area contributed by atoms with Crippen molar-refractivity contribution in [1.82, 2.24) is 5.32 Å². The maximum atomic E-state index is 13.3. The number of halogens is 2. The van der Waals surface area contributed by atoms with E-state index in [9.17, 15) is 4.39 Å². The van der Waals surface area contributed by atoms with Gasteiger partial charge in [-0.05, 0) is 34.9 Å². The standard InChI is InChI=1S/C14H11ClFN/c15-13-6-5-10(16)7-12(13)14-11-4-2-1-3-9(11)8-17-14/h1-7,14,17H,8H2. The zero-order valence-electron chi connectivity index (χ0n) is 9.08. The van der Waals surface area contributed by atoms with E-state index in [0.29, 0.717) is 5.02 Å². The zero-order valence-corrected chi connectivity index (χ0v) is 9.84. The van der Waals surface area contributed by atoms with Gasteiger partial charge in [0, 0.05) is 11.6 Å². The Balaban J connectivity index is 2.10. The van der Waals surface area contributed by atoms with Crippen LogP contribution in [0.25, 0.3) is 0 Å². The Morgan fingerprint density at radius 1 is 1.12 bits per heavy atom. The van der Waals surface area contributed by atoms with Crippen LogP contribution in [0.15, 0.2) is 42.5 Å². The fraction of sp³-hybridized carbons (Fsp3) is 0.143. The second-order valence-electron chi connectivity index (χ2n) is 4.18. The molecule has 0 saturated carbocycles. The van der Waals surface area contributed by atoms with E-state index in [1.165, 1.54) is 23.3 Å². The molecule has 1 aliphatic heterocycles. The second kappa shape index (κ2) is 4.13. The Labute approximate surface area is 104 Å². The third-order valence-electron chi connectivity index (χ3n) is 3.13. The van der Waals surface area contributed by atoms with Crippen molar-refractivity contribution in [2.75, 3.05) is 0 Å². The van der Waals surface area contributed by atoms with Crippen molar-refractivity contribution in [3.8, 4) is 0 Å². The van der Waals surface area contributed by atoms with Gasteiger partial charge in [-0.1, -0.05) is 35.9 Å². The van der Waals surface area contributed by atoms with Crippen LogP contribution in [-0.2, 0) is 6.54 Å². The normalized spacial score (nSPS) is 18.1. The van der Waals surface area contributed by atoms with Gasteiger partial charge >= 0.3 is 0 Å². The van der Waals surface area contributed by atoms with E-state index < -0.39 is 0 Å². The summed E-state index contributed by atoms with van der Waals surface area (Å²) in [6.07, 6.45) is 0. The molecule has 2 aromatic rings. The maximum Gasteiger partial charge on any atom is 0.123 e. The summed E-state index contributed by atoms with van der Waals surface area (Å²) in [5, 5.41) is 3.95. The van der Waals surface area contributed by atoms with Gasteiger partial charge in [0.2, 0.25) is 0 Å². The Hall–Kier alpha value is -1.38. The fourth-order valence-electron chi connectivity index (χ4n) is 2.31. The van der Waals surface area contributed by atoms with Gasteiger partial charge in [-0.25, -0.2) is 4.39 Å². The highest BCUT2D eigenvalue weighted by molar-refractivity contribution is 6.31. The first-order chi connectivity index (χ1) is 8.25. The lowest BCUT2D eigenvalue weighted by Crippen LogP contribution is -2.14. The van der Waals surface area contributed by atoms with Gasteiger partial charge in [-0.3, -0.25) is 0 Å². The van der Waals surface area contributed by atoms with Crippen molar-refractivity contribution < 1.29 is 4.39 Å². The van der Waals surface area contributed by atoms with Gasteiger partial charge in [0.25, 0.3) is 0 Å². The van der Waals surface area contributed by atoms with Gasteiger partial charge in [0.05, 0.1) is 6.04 Å². The third kappa shape index (κ3) is 1.84. The molecule has 1 nitrogen and oxygen atoms in total. The van der Waals surface area contributed by atoms with E-state index in [1.54, 1.807) is 6.07 Å². The molecule has 1 heterocycles. The monoisotopic (exact) mass is 247 g/mol. The van der Waals surface area contributed by atoms with Crippen LogP contribution in [0.2, 0.25) is 5.02 Å². The van der Waals surface area contributed by atoms with Crippen molar-refractivity contribution in [3.05, 3.63) is 70.0 Å². The van der Waals surface area contributed by atoms with Gasteiger partial charge in [0.1, 0.15) is 5.82 Å². The van der Waals surface area contributed by atoms with Crippen molar-refractivity contribution in [3.63, 3.8) is 0 Å². The summed E-state index contributed by atoms with van der Waals surface area (Å²) in [5.74, 6) is -0.254. The highest BCUT2D eigenvalue weighted by Gasteiger charge is 2.24. The minimum atomic E-state index is -0.254. The summed E-state index contributed by atoms with van der Waals surface area (Å²) in [5.41, 5.74) is 3.23. The van der Waals surface area contributed by atoms with Crippen molar-refractivity contribution >= 4 is 11.6 Å². The van der Waals surface area contributed by atoms with Gasteiger partial charge in [-0.15, -0.1) is 0 Å². The van der Waals surface area contributed by atoms with E-state index in [0.717, 1.165) is 12.1 Å². The molecule has 0 aliphatic carbocycles. The first kappa shape index (κ1) is 10.8. The SMILES string of the molecule is Fc1ccc(Cl)c(C2NCc3ccccc32)c1. The molecule has 0 saturated heterocycles. The largest absolute Gasteiger partial charge is 0.302 e. The van der Waals surface area contributed by atoms with Crippen LogP contribution in [0.3, 0.4) is 0 Å². The molecule has 0 radical (unpaired) electrons. The van der Waals surface area contributed by atoms with E-state index in [4.69, 9.17) is 11.6 Å². The second-order valence-corrected chi connectivity index (χ2v) is 4.59. The number of hydrogen-bond acceptors (Lipinski definition) is 1. The van der Waals surface area contributed by atoms with E-state index in [-0.39, 0.29) is 11.9 Å². The number of fused-ring (bicyclic) bond motifs is 1. The van der Waals surface area contributed by atoms with Gasteiger partial charge in [0.15, 0.2) is 0 Å². The van der Waals surface area contributed by atoms with E-state index in [2.05, 4.69) is 17.4 Å². The Morgan fingerprint density at radius 3 is 2.82 bits per heavy atom. The predicted octanol–water partition coefficient (Wildman–Crippen LogP) is 3.67. The smallest absolute Gasteiger partial charge is 0.123 e. The number of nitrogens with one attached hydrogen (secondary N) is 1. The molecule has 1 unspecified atom stereocenters. The lowest BCUT2D eigenvalue weighted by atomic mass is 9.98. The lowest BCUT2D eigenvalue weighted by Gasteiger charge is -2.14. The molecule has 0 aromatic heterocycles. The summed E-state index contributed by atoms with van der Waals surface area (Å²) in [6, 6.07) is 12.6. The molecule has 2 aromatic carbocycles. The van der Waals surface area contributed by atoms with Crippen molar-refractivity contribution in [2.45, 2.75) is 12.6 Å². The van der Waals surface area contributed by atoms with Crippen LogP contribution < -0.4 is 5.32 Å². The van der Waals surface area contributed by atoms with Crippen LogP contribution >= 0.6 is 11.6 Å². The quantitative estimate of drug-likeness (QED) is 0.811. The van der Waals surface area contributed by atoms with Crippen LogP contribution in [0, 0.1) is 5.82 Å². The molecule has 1 N–H and O–H groups in total. The number of benzene rings is 2. The minimum absolute atomic E-state index is 0.00519. The summed E-state index contributed by atoms with van der Waals surface area (Å²) < 4.78 is 13.3. The summed E-state index contributed by atoms with van der Waals surface area (Å²) in [4.78, 5) is 0. The average Bonchev–Trinajstić information content (AvgIpc) is 2.76. The topological polar surface area (TPSA) is 12.0 Å². The molecule has 17 heavy (non-hydrogen) atoms. The summed E-state index contributed by atoms with van der Waals surface area (Å²) in [7, 11) is 0. The molecule has 86 valence electrons. The predicted molar refractivity (Wildman–Crippen MR) is 66.5 cm³/mol. The van der Waals surface area contributed by atoms with Crippen LogP contribution in [0.5, 0.6) is 0 Å². The Morgan fingerprint density at radius 2 is 1.94 bits per heavy atom. The highest BCUT2D eigenvalue weighted by atomic mass is 35.5. The average molecular weight is 248 g/mol. The summed E-state index contributed by atoms with van der Waals surface area (Å²) in [6.45, 7) is 0.799. The van der Waals surface area contributed by atoms with Crippen molar-refractivity contribution in [1.29, 1.82) is 0 Å². The molecule has 0 spiro atoms. The lowest BCUT2D eigenvalue weighted by molar-refractivity contribution is 0.614. The molecule has 3 heteroatoms. The van der Waals surface area contributed by atoms with Crippen LogP contribution in [-0.4, -0.2) is 0 Å². The molecule has 1 aliphatic rings. The number of rotatable bonds is 1. The molecular formula is C14H11ClFN. The zero-order chi connectivity index (χ0) is 11.8. The maximum absolute atomic E-state index is 13.3. The Kier molecular flexibility index (Phi) is 2.61. The molecule has 3 rings (SSSR count). The third-order valence-corrected chi connectivity index (χ3v) is 3.48. The molecular weight excluding hydrogens is 237 g/mol. The molecule has 0 bridgehead atoms. The Bertz CT molecular complexity index is 568. The first-order valence-corrected chi connectivity index (χ1v) is 5.89. The molecule has 0 amide bonds. The van der Waals surface area contributed by atoms with E-state index >= 15 is 0 Å². The van der Waals surface area contributed by atoms with Crippen LogP contribution in [0.4, 0.5) is 4.39 Å². The highest BCUT2D eigenvalue weighted by Crippen LogP contribution is 2.34. The molecule has 1 atom stereocenters. The minimum Gasteiger partial charge on any atom is -0.302 e. The van der Waals surface area contributed by atoms with Crippen molar-refractivity contribution in [2.24, 2.45) is 0 Å². The first-order valence-electron chi connectivity index (χ1n) is 5.52. The van der Waals surface area contributed by atoms with Gasteiger partial charge < -0.3 is 5.32 Å².